The van der Waals surface area contributed by atoms with Crippen molar-refractivity contribution in [2.45, 2.75) is 33.6 Å². The van der Waals surface area contributed by atoms with Crippen LogP contribution in [0.15, 0.2) is 6.33 Å². The molecule has 1 aromatic heterocycles. The summed E-state index contributed by atoms with van der Waals surface area (Å²) in [6.07, 6.45) is 3.78. The summed E-state index contributed by atoms with van der Waals surface area (Å²) in [5.41, 5.74) is 5.70. The first-order valence-corrected chi connectivity index (χ1v) is 6.52. The van der Waals surface area contributed by atoms with E-state index in [2.05, 4.69) is 35.6 Å². The lowest BCUT2D eigenvalue weighted by Crippen LogP contribution is -2.30. The highest BCUT2D eigenvalue weighted by molar-refractivity contribution is 6.35. The first-order valence-electron chi connectivity index (χ1n) is 6.14. The van der Waals surface area contributed by atoms with Crippen LogP contribution in [-0.4, -0.2) is 23.1 Å². The van der Waals surface area contributed by atoms with Crippen LogP contribution in [0.1, 0.15) is 33.6 Å². The van der Waals surface area contributed by atoms with Crippen molar-refractivity contribution < 1.29 is 0 Å². The zero-order valence-electron chi connectivity index (χ0n) is 10.8. The van der Waals surface area contributed by atoms with Gasteiger partial charge in [0.2, 0.25) is 0 Å². The van der Waals surface area contributed by atoms with E-state index in [1.165, 1.54) is 6.33 Å². The predicted molar refractivity (Wildman–Crippen MR) is 73.4 cm³/mol. The lowest BCUT2D eigenvalue weighted by molar-refractivity contribution is 0.484. The molecule has 0 bridgehead atoms. The molecule has 2 N–H and O–H groups in total. The van der Waals surface area contributed by atoms with Crippen LogP contribution >= 0.6 is 11.6 Å². The topological polar surface area (TPSA) is 55.0 Å². The molecule has 0 aromatic carbocycles. The maximum absolute atomic E-state index is 6.14. The maximum Gasteiger partial charge on any atom is 0.153 e. The van der Waals surface area contributed by atoms with Crippen molar-refractivity contribution >= 4 is 23.2 Å². The van der Waals surface area contributed by atoms with Gasteiger partial charge in [0.1, 0.15) is 17.2 Å². The first-order chi connectivity index (χ1) is 8.13. The molecule has 0 aliphatic carbocycles. The molecule has 5 heteroatoms. The van der Waals surface area contributed by atoms with Gasteiger partial charge in [-0.25, -0.2) is 9.97 Å². The van der Waals surface area contributed by atoms with E-state index in [9.17, 15) is 0 Å². The van der Waals surface area contributed by atoms with E-state index in [1.54, 1.807) is 0 Å². The van der Waals surface area contributed by atoms with Gasteiger partial charge < -0.3 is 10.6 Å². The minimum atomic E-state index is 0.347. The molecule has 0 amide bonds. The Morgan fingerprint density at radius 1 is 1.29 bits per heavy atom. The summed E-state index contributed by atoms with van der Waals surface area (Å²) in [5, 5.41) is 0.459. The standard InChI is InChI=1S/C12H21ClN4/c1-4-9(5-2)7-17(6-3)12-10(13)11(14)15-8-16-12/h8-9H,4-7H2,1-3H3,(H2,14,15,16). The van der Waals surface area contributed by atoms with Crippen LogP contribution in [0.4, 0.5) is 11.6 Å². The van der Waals surface area contributed by atoms with Gasteiger partial charge in [0, 0.05) is 13.1 Å². The van der Waals surface area contributed by atoms with E-state index in [0.29, 0.717) is 16.8 Å². The number of nitrogen functional groups attached to an aromatic ring is 1. The molecule has 96 valence electrons. The van der Waals surface area contributed by atoms with E-state index in [4.69, 9.17) is 17.3 Å². The normalized spacial score (nSPS) is 10.9. The largest absolute Gasteiger partial charge is 0.382 e. The molecule has 0 aliphatic rings. The van der Waals surface area contributed by atoms with E-state index >= 15 is 0 Å². The molecular formula is C12H21ClN4. The Kier molecular flexibility index (Phi) is 5.48. The highest BCUT2D eigenvalue weighted by Crippen LogP contribution is 2.27. The molecule has 0 atom stereocenters. The van der Waals surface area contributed by atoms with Crippen LogP contribution in [-0.2, 0) is 0 Å². The summed E-state index contributed by atoms with van der Waals surface area (Å²) in [7, 11) is 0. The fourth-order valence-corrected chi connectivity index (χ4v) is 2.04. The summed E-state index contributed by atoms with van der Waals surface area (Å²) in [5.74, 6) is 1.75. The molecule has 1 aromatic rings. The monoisotopic (exact) mass is 256 g/mol. The molecule has 0 fully saturated rings. The molecule has 17 heavy (non-hydrogen) atoms. The van der Waals surface area contributed by atoms with E-state index in [-0.39, 0.29) is 0 Å². The number of rotatable bonds is 6. The van der Waals surface area contributed by atoms with Gasteiger partial charge in [-0.3, -0.25) is 0 Å². The van der Waals surface area contributed by atoms with Crippen LogP contribution in [0, 0.1) is 5.92 Å². The number of hydrogen-bond donors (Lipinski definition) is 1. The van der Waals surface area contributed by atoms with Crippen molar-refractivity contribution in [2.24, 2.45) is 5.92 Å². The second kappa shape index (κ2) is 6.64. The summed E-state index contributed by atoms with van der Waals surface area (Å²) in [6, 6.07) is 0. The van der Waals surface area contributed by atoms with Crippen molar-refractivity contribution in [2.75, 3.05) is 23.7 Å². The lowest BCUT2D eigenvalue weighted by atomic mass is 10.0. The molecule has 0 saturated carbocycles. The third-order valence-electron chi connectivity index (χ3n) is 3.11. The van der Waals surface area contributed by atoms with Crippen LogP contribution < -0.4 is 10.6 Å². The van der Waals surface area contributed by atoms with Gasteiger partial charge in [0.05, 0.1) is 0 Å². The zero-order valence-corrected chi connectivity index (χ0v) is 11.5. The Balaban J connectivity index is 2.89. The average molecular weight is 257 g/mol. The number of nitrogens with zero attached hydrogens (tertiary/aromatic N) is 3. The average Bonchev–Trinajstić information content (AvgIpc) is 2.35. The molecule has 0 unspecified atom stereocenters. The summed E-state index contributed by atoms with van der Waals surface area (Å²) < 4.78 is 0. The van der Waals surface area contributed by atoms with Crippen molar-refractivity contribution in [3.05, 3.63) is 11.3 Å². The number of anilines is 2. The zero-order chi connectivity index (χ0) is 12.8. The summed E-state index contributed by atoms with van der Waals surface area (Å²) in [6.45, 7) is 8.33. The Hall–Kier alpha value is -1.03. The van der Waals surface area contributed by atoms with Gasteiger partial charge in [-0.2, -0.15) is 0 Å². The van der Waals surface area contributed by atoms with Crippen molar-refractivity contribution in [3.8, 4) is 0 Å². The quantitative estimate of drug-likeness (QED) is 0.850. The van der Waals surface area contributed by atoms with Crippen molar-refractivity contribution in [1.29, 1.82) is 0 Å². The van der Waals surface area contributed by atoms with Crippen LogP contribution in [0.5, 0.6) is 0 Å². The fraction of sp³-hybridized carbons (Fsp3) is 0.667. The van der Waals surface area contributed by atoms with E-state index < -0.39 is 0 Å². The van der Waals surface area contributed by atoms with Gasteiger partial charge in [-0.1, -0.05) is 38.3 Å². The third-order valence-corrected chi connectivity index (χ3v) is 3.48. The predicted octanol–water partition coefficient (Wildman–Crippen LogP) is 2.97. The summed E-state index contributed by atoms with van der Waals surface area (Å²) >= 11 is 6.14. The van der Waals surface area contributed by atoms with Gasteiger partial charge in [0.15, 0.2) is 5.82 Å². The molecule has 0 aliphatic heterocycles. The number of aromatic nitrogens is 2. The van der Waals surface area contributed by atoms with Gasteiger partial charge >= 0.3 is 0 Å². The SMILES string of the molecule is CCC(CC)CN(CC)c1ncnc(N)c1Cl. The molecule has 1 heterocycles. The van der Waals surface area contributed by atoms with Gasteiger partial charge in [-0.15, -0.1) is 0 Å². The Labute approximate surface area is 108 Å². The Morgan fingerprint density at radius 2 is 1.94 bits per heavy atom. The molecule has 1 rings (SSSR count). The number of hydrogen-bond acceptors (Lipinski definition) is 4. The number of nitrogens with two attached hydrogens (primary N) is 1. The third kappa shape index (κ3) is 3.46. The Morgan fingerprint density at radius 3 is 2.47 bits per heavy atom. The van der Waals surface area contributed by atoms with E-state index in [0.717, 1.165) is 31.7 Å². The lowest BCUT2D eigenvalue weighted by Gasteiger charge is -2.27. The minimum Gasteiger partial charge on any atom is -0.382 e. The smallest absolute Gasteiger partial charge is 0.153 e. The van der Waals surface area contributed by atoms with Crippen LogP contribution in [0.3, 0.4) is 0 Å². The molecule has 4 nitrogen and oxygen atoms in total. The minimum absolute atomic E-state index is 0.347. The summed E-state index contributed by atoms with van der Waals surface area (Å²) in [4.78, 5) is 10.3. The molecule has 0 saturated heterocycles. The van der Waals surface area contributed by atoms with Crippen LogP contribution in [0.25, 0.3) is 0 Å². The second-order valence-electron chi connectivity index (χ2n) is 4.12. The maximum atomic E-state index is 6.14. The molecular weight excluding hydrogens is 236 g/mol. The Bertz CT molecular complexity index is 352. The fourth-order valence-electron chi connectivity index (χ4n) is 1.82. The second-order valence-corrected chi connectivity index (χ2v) is 4.50. The highest BCUT2D eigenvalue weighted by Gasteiger charge is 2.16. The first kappa shape index (κ1) is 14.0. The van der Waals surface area contributed by atoms with Crippen molar-refractivity contribution in [3.63, 3.8) is 0 Å². The van der Waals surface area contributed by atoms with Crippen molar-refractivity contribution in [1.82, 2.24) is 9.97 Å². The van der Waals surface area contributed by atoms with Gasteiger partial charge in [0.25, 0.3) is 0 Å². The van der Waals surface area contributed by atoms with E-state index in [1.807, 2.05) is 0 Å². The molecule has 0 spiro atoms. The van der Waals surface area contributed by atoms with Crippen LogP contribution in [0.2, 0.25) is 5.02 Å². The van der Waals surface area contributed by atoms with Gasteiger partial charge in [-0.05, 0) is 12.8 Å². The highest BCUT2D eigenvalue weighted by atomic mass is 35.5. The number of halogens is 1. The molecule has 0 radical (unpaired) electrons.